The molecule has 0 spiro atoms. The monoisotopic (exact) mass is 273 g/mol. The van der Waals surface area contributed by atoms with Crippen molar-refractivity contribution >= 4 is 21.8 Å². The zero-order valence-corrected chi connectivity index (χ0v) is 12.9. The lowest BCUT2D eigenvalue weighted by Crippen LogP contribution is -1.84. The number of methoxy groups -OCH3 is 2. The van der Waals surface area contributed by atoms with E-state index in [2.05, 4.69) is 69.6 Å². The molecule has 0 atom stereocenters. The van der Waals surface area contributed by atoms with Crippen LogP contribution < -0.4 is 0 Å². The van der Waals surface area contributed by atoms with Gasteiger partial charge in [-0.15, -0.1) is 0 Å². The van der Waals surface area contributed by atoms with Crippen LogP contribution in [-0.4, -0.2) is 33.0 Å². The van der Waals surface area contributed by atoms with Gasteiger partial charge in [0.1, 0.15) is 0 Å². The first-order valence-electron chi connectivity index (χ1n) is 6.43. The fraction of sp³-hybridized carbons (Fsp3) is 0.294. The number of para-hydroxylation sites is 2. The van der Waals surface area contributed by atoms with Crippen LogP contribution in [-0.2, 0) is 16.5 Å². The molecule has 1 heterocycles. The highest BCUT2D eigenvalue weighted by molar-refractivity contribution is 6.07. The molecule has 0 amide bonds. The Morgan fingerprint density at radius 1 is 0.650 bits per heavy atom. The van der Waals surface area contributed by atoms with Crippen LogP contribution in [0.15, 0.2) is 48.5 Å². The van der Waals surface area contributed by atoms with Crippen molar-refractivity contribution < 1.29 is 9.47 Å². The summed E-state index contributed by atoms with van der Waals surface area (Å²) in [5, 5.41) is 2.68. The van der Waals surface area contributed by atoms with Gasteiger partial charge in [-0.25, -0.2) is 0 Å². The number of ether oxygens (including phenoxy) is 2. The predicted molar refractivity (Wildman–Crippen MR) is 86.3 cm³/mol. The minimum atomic E-state index is 1.30. The molecule has 0 aliphatic rings. The van der Waals surface area contributed by atoms with Crippen molar-refractivity contribution in [3.8, 4) is 0 Å². The average molecular weight is 273 g/mol. The summed E-state index contributed by atoms with van der Waals surface area (Å²) in [6.07, 6.45) is 0. The van der Waals surface area contributed by atoms with E-state index < -0.39 is 0 Å². The molecule has 0 bridgehead atoms. The Hall–Kier alpha value is -1.84. The molecule has 3 nitrogen and oxygen atoms in total. The van der Waals surface area contributed by atoms with Crippen molar-refractivity contribution in [2.24, 2.45) is 7.05 Å². The topological polar surface area (TPSA) is 23.4 Å². The summed E-state index contributed by atoms with van der Waals surface area (Å²) in [6.45, 7) is 0. The molecular formula is C17H23NO2. The number of rotatable bonds is 0. The smallest absolute Gasteiger partial charge is 0.0488 e. The summed E-state index contributed by atoms with van der Waals surface area (Å²) in [7, 11) is 8.62. The first-order chi connectivity index (χ1) is 9.71. The molecule has 0 saturated heterocycles. The third kappa shape index (κ3) is 3.59. The Kier molecular flexibility index (Phi) is 6.77. The number of aromatic nitrogens is 1. The molecule has 0 N–H and O–H groups in total. The number of hydrogen-bond acceptors (Lipinski definition) is 2. The largest absolute Gasteiger partial charge is 0.388 e. The zero-order valence-electron chi connectivity index (χ0n) is 12.9. The van der Waals surface area contributed by atoms with Crippen LogP contribution in [0, 0.1) is 0 Å². The molecule has 0 aliphatic heterocycles. The lowest BCUT2D eigenvalue weighted by Gasteiger charge is -1.95. The van der Waals surface area contributed by atoms with Crippen LogP contribution >= 0.6 is 0 Å². The molecule has 108 valence electrons. The summed E-state index contributed by atoms with van der Waals surface area (Å²) in [6, 6.07) is 17.0. The van der Waals surface area contributed by atoms with Gasteiger partial charge in [-0.3, -0.25) is 0 Å². The van der Waals surface area contributed by atoms with Gasteiger partial charge in [-0.2, -0.15) is 0 Å². The van der Waals surface area contributed by atoms with Crippen LogP contribution in [0.25, 0.3) is 21.8 Å². The van der Waals surface area contributed by atoms with Crippen molar-refractivity contribution in [3.05, 3.63) is 48.5 Å². The van der Waals surface area contributed by atoms with E-state index >= 15 is 0 Å². The molecule has 3 heteroatoms. The maximum absolute atomic E-state index is 4.25. The summed E-state index contributed by atoms with van der Waals surface area (Å²) < 4.78 is 10.7. The van der Waals surface area contributed by atoms with Gasteiger partial charge in [-0.05, 0) is 12.1 Å². The highest BCUT2D eigenvalue weighted by Gasteiger charge is 2.04. The van der Waals surface area contributed by atoms with Crippen molar-refractivity contribution in [1.82, 2.24) is 4.57 Å². The van der Waals surface area contributed by atoms with E-state index in [0.29, 0.717) is 0 Å². The maximum atomic E-state index is 4.25. The van der Waals surface area contributed by atoms with Gasteiger partial charge in [-0.1, -0.05) is 36.4 Å². The van der Waals surface area contributed by atoms with Gasteiger partial charge in [0.25, 0.3) is 0 Å². The van der Waals surface area contributed by atoms with E-state index in [9.17, 15) is 0 Å². The van der Waals surface area contributed by atoms with Crippen LogP contribution in [0.3, 0.4) is 0 Å². The number of aryl methyl sites for hydroxylation is 1. The molecule has 2 aromatic carbocycles. The van der Waals surface area contributed by atoms with Crippen LogP contribution in [0.1, 0.15) is 0 Å². The summed E-state index contributed by atoms with van der Waals surface area (Å²) in [5.41, 5.74) is 2.60. The fourth-order valence-corrected chi connectivity index (χ4v) is 2.12. The van der Waals surface area contributed by atoms with Crippen molar-refractivity contribution in [2.45, 2.75) is 0 Å². The number of benzene rings is 2. The maximum Gasteiger partial charge on any atom is 0.0488 e. The summed E-state index contributed by atoms with van der Waals surface area (Å²) >= 11 is 0. The Morgan fingerprint density at radius 2 is 0.950 bits per heavy atom. The third-order valence-electron chi connectivity index (χ3n) is 2.82. The molecule has 1 aromatic heterocycles. The highest BCUT2D eigenvalue weighted by Crippen LogP contribution is 2.26. The summed E-state index contributed by atoms with van der Waals surface area (Å²) in [4.78, 5) is 0. The van der Waals surface area contributed by atoms with Gasteiger partial charge >= 0.3 is 0 Å². The second-order valence-electron chi connectivity index (χ2n) is 4.41. The average Bonchev–Trinajstić information content (AvgIpc) is 2.76. The first-order valence-corrected chi connectivity index (χ1v) is 6.43. The summed E-state index contributed by atoms with van der Waals surface area (Å²) in [5.74, 6) is 0. The number of hydrogen-bond donors (Lipinski definition) is 0. The second-order valence-corrected chi connectivity index (χ2v) is 4.41. The van der Waals surface area contributed by atoms with E-state index in [-0.39, 0.29) is 0 Å². The standard InChI is InChI=1S/C13H11N.2C2H6O/c1-14-12-8-4-2-6-10(12)11-7-3-5-9-13(11)14;2*1-3-2/h2-9H,1H3;2*1-2H3. The van der Waals surface area contributed by atoms with Gasteiger partial charge in [0.15, 0.2) is 0 Å². The normalized spacial score (nSPS) is 9.65. The molecule has 0 fully saturated rings. The van der Waals surface area contributed by atoms with E-state index in [1.165, 1.54) is 21.8 Å². The fourth-order valence-electron chi connectivity index (χ4n) is 2.12. The highest BCUT2D eigenvalue weighted by atomic mass is 16.5. The zero-order chi connectivity index (χ0) is 15.0. The Bertz CT molecular complexity index is 588. The quantitative estimate of drug-likeness (QED) is 0.621. The molecule has 20 heavy (non-hydrogen) atoms. The molecule has 3 rings (SSSR count). The molecule has 3 aromatic rings. The Labute approximate surface area is 120 Å². The van der Waals surface area contributed by atoms with Gasteiger partial charge < -0.3 is 14.0 Å². The lowest BCUT2D eigenvalue weighted by molar-refractivity contribution is 0.277. The first kappa shape index (κ1) is 16.2. The number of fused-ring (bicyclic) bond motifs is 3. The van der Waals surface area contributed by atoms with E-state index in [1.807, 2.05) is 0 Å². The Balaban J connectivity index is 0.000000290. The SMILES string of the molecule is COC.COC.Cn1c2ccccc2c2ccccc21. The van der Waals surface area contributed by atoms with Gasteiger partial charge in [0, 0.05) is 57.3 Å². The van der Waals surface area contributed by atoms with E-state index in [4.69, 9.17) is 0 Å². The van der Waals surface area contributed by atoms with Crippen LogP contribution in [0.2, 0.25) is 0 Å². The van der Waals surface area contributed by atoms with E-state index in [1.54, 1.807) is 28.4 Å². The van der Waals surface area contributed by atoms with E-state index in [0.717, 1.165) is 0 Å². The van der Waals surface area contributed by atoms with Gasteiger partial charge in [0.05, 0.1) is 0 Å². The van der Waals surface area contributed by atoms with Crippen molar-refractivity contribution in [1.29, 1.82) is 0 Å². The molecule has 0 aliphatic carbocycles. The third-order valence-corrected chi connectivity index (χ3v) is 2.82. The molecule has 0 unspecified atom stereocenters. The second kappa shape index (κ2) is 8.35. The predicted octanol–water partition coefficient (Wildman–Crippen LogP) is 3.86. The molecule has 0 radical (unpaired) electrons. The minimum absolute atomic E-state index is 1.30. The van der Waals surface area contributed by atoms with Crippen molar-refractivity contribution in [3.63, 3.8) is 0 Å². The minimum Gasteiger partial charge on any atom is -0.388 e. The Morgan fingerprint density at radius 3 is 1.30 bits per heavy atom. The number of nitrogens with zero attached hydrogens (tertiary/aromatic N) is 1. The lowest BCUT2D eigenvalue weighted by atomic mass is 10.2. The molecular weight excluding hydrogens is 250 g/mol. The van der Waals surface area contributed by atoms with Gasteiger partial charge in [0.2, 0.25) is 0 Å². The molecule has 0 saturated carbocycles. The van der Waals surface area contributed by atoms with Crippen molar-refractivity contribution in [2.75, 3.05) is 28.4 Å². The van der Waals surface area contributed by atoms with Crippen LogP contribution in [0.5, 0.6) is 0 Å². The van der Waals surface area contributed by atoms with Crippen LogP contribution in [0.4, 0.5) is 0 Å².